The van der Waals surface area contributed by atoms with E-state index >= 15 is 0 Å². The maximum absolute atomic E-state index is 4.31. The second kappa shape index (κ2) is 7.87. The molecule has 4 rings (SSSR count). The van der Waals surface area contributed by atoms with Crippen LogP contribution in [0.5, 0.6) is 0 Å². The van der Waals surface area contributed by atoms with Gasteiger partial charge < -0.3 is 10.2 Å². The van der Waals surface area contributed by atoms with E-state index in [-0.39, 0.29) is 0 Å². The van der Waals surface area contributed by atoms with Gasteiger partial charge in [-0.15, -0.1) is 0 Å². The summed E-state index contributed by atoms with van der Waals surface area (Å²) in [5.41, 5.74) is 5.78. The number of benzene rings is 3. The van der Waals surface area contributed by atoms with Gasteiger partial charge in [-0.25, -0.2) is 9.97 Å². The third-order valence-electron chi connectivity index (χ3n) is 4.64. The third kappa shape index (κ3) is 4.23. The molecule has 27 heavy (non-hydrogen) atoms. The summed E-state index contributed by atoms with van der Waals surface area (Å²) in [5, 5.41) is 4.52. The molecular weight excluding hydrogens is 332 g/mol. The van der Waals surface area contributed by atoms with Crippen molar-refractivity contribution in [2.75, 3.05) is 17.3 Å². The Morgan fingerprint density at radius 2 is 1.70 bits per heavy atom. The van der Waals surface area contributed by atoms with Crippen LogP contribution in [-0.2, 0) is 13.1 Å². The molecular formula is C23H22N4. The first-order valence-corrected chi connectivity index (χ1v) is 9.05. The Hall–Kier alpha value is -3.40. The minimum Gasteiger partial charge on any atom is -0.381 e. The van der Waals surface area contributed by atoms with Crippen molar-refractivity contribution in [3.8, 4) is 0 Å². The Bertz CT molecular complexity index is 1010. The number of rotatable bonds is 6. The predicted octanol–water partition coefficient (Wildman–Crippen LogP) is 4.88. The van der Waals surface area contributed by atoms with E-state index in [9.17, 15) is 0 Å². The smallest absolute Gasteiger partial charge is 0.116 e. The summed E-state index contributed by atoms with van der Waals surface area (Å²) in [7, 11) is 2.12. The van der Waals surface area contributed by atoms with Crippen LogP contribution in [0, 0.1) is 0 Å². The molecule has 0 aliphatic heterocycles. The molecule has 3 aromatic carbocycles. The molecule has 4 aromatic rings. The van der Waals surface area contributed by atoms with E-state index in [2.05, 4.69) is 87.9 Å². The lowest BCUT2D eigenvalue weighted by Crippen LogP contribution is -2.16. The fourth-order valence-corrected chi connectivity index (χ4v) is 3.10. The van der Waals surface area contributed by atoms with E-state index in [0.29, 0.717) is 0 Å². The molecule has 0 atom stereocenters. The maximum atomic E-state index is 4.31. The lowest BCUT2D eigenvalue weighted by Gasteiger charge is -2.20. The summed E-state index contributed by atoms with van der Waals surface area (Å²) in [6.07, 6.45) is 3.41. The molecule has 4 nitrogen and oxygen atoms in total. The quantitative estimate of drug-likeness (QED) is 0.536. The second-order valence-corrected chi connectivity index (χ2v) is 6.66. The van der Waals surface area contributed by atoms with E-state index in [1.165, 1.54) is 16.8 Å². The fraction of sp³-hybridized carbons (Fsp3) is 0.130. The van der Waals surface area contributed by atoms with Crippen molar-refractivity contribution in [2.45, 2.75) is 13.1 Å². The SMILES string of the molecule is CN(Cc1ccccc1)c1ccc(CNc2ccc3cncnc3c2)cc1. The number of nitrogens with zero attached hydrogens (tertiary/aromatic N) is 3. The molecule has 0 saturated carbocycles. The van der Waals surface area contributed by atoms with Crippen LogP contribution in [0.3, 0.4) is 0 Å². The standard InChI is InChI=1S/C23H22N4/c1-27(16-19-5-3-2-4-6-19)22-11-7-18(8-12-22)14-25-21-10-9-20-15-24-17-26-23(20)13-21/h2-13,15,17,25H,14,16H2,1H3. The van der Waals surface area contributed by atoms with Crippen LogP contribution in [-0.4, -0.2) is 17.0 Å². The van der Waals surface area contributed by atoms with Gasteiger partial charge in [0.1, 0.15) is 6.33 Å². The summed E-state index contributed by atoms with van der Waals surface area (Å²) >= 11 is 0. The Balaban J connectivity index is 1.38. The topological polar surface area (TPSA) is 41.0 Å². The van der Waals surface area contributed by atoms with Gasteiger partial charge in [0.05, 0.1) is 5.52 Å². The van der Waals surface area contributed by atoms with Crippen molar-refractivity contribution in [3.63, 3.8) is 0 Å². The van der Waals surface area contributed by atoms with Crippen LogP contribution in [0.2, 0.25) is 0 Å². The molecule has 0 bridgehead atoms. The zero-order valence-electron chi connectivity index (χ0n) is 15.3. The lowest BCUT2D eigenvalue weighted by molar-refractivity contribution is 0.922. The summed E-state index contributed by atoms with van der Waals surface area (Å²) < 4.78 is 0. The minimum absolute atomic E-state index is 0.777. The first-order valence-electron chi connectivity index (χ1n) is 9.05. The van der Waals surface area contributed by atoms with Gasteiger partial charge in [0.15, 0.2) is 0 Å². The molecule has 0 aliphatic carbocycles. The van der Waals surface area contributed by atoms with Gasteiger partial charge in [0.25, 0.3) is 0 Å². The molecule has 0 amide bonds. The molecule has 0 aliphatic rings. The van der Waals surface area contributed by atoms with Crippen LogP contribution >= 0.6 is 0 Å². The van der Waals surface area contributed by atoms with Gasteiger partial charge in [-0.1, -0.05) is 42.5 Å². The summed E-state index contributed by atoms with van der Waals surface area (Å²) in [4.78, 5) is 10.6. The molecule has 1 heterocycles. The number of aromatic nitrogens is 2. The number of hydrogen-bond acceptors (Lipinski definition) is 4. The molecule has 0 spiro atoms. The van der Waals surface area contributed by atoms with E-state index in [1.807, 2.05) is 18.3 Å². The second-order valence-electron chi connectivity index (χ2n) is 6.66. The molecule has 134 valence electrons. The maximum Gasteiger partial charge on any atom is 0.116 e. The van der Waals surface area contributed by atoms with Crippen LogP contribution in [0.4, 0.5) is 11.4 Å². The monoisotopic (exact) mass is 354 g/mol. The van der Waals surface area contributed by atoms with E-state index < -0.39 is 0 Å². The number of hydrogen-bond donors (Lipinski definition) is 1. The van der Waals surface area contributed by atoms with Gasteiger partial charge in [0, 0.05) is 43.1 Å². The summed E-state index contributed by atoms with van der Waals surface area (Å²) in [6.45, 7) is 1.68. The molecule has 0 unspecified atom stereocenters. The average molecular weight is 354 g/mol. The van der Waals surface area contributed by atoms with Gasteiger partial charge in [-0.05, 0) is 41.5 Å². The van der Waals surface area contributed by atoms with Gasteiger partial charge >= 0.3 is 0 Å². The van der Waals surface area contributed by atoms with Crippen molar-refractivity contribution in [2.24, 2.45) is 0 Å². The summed E-state index contributed by atoms with van der Waals surface area (Å²) in [6, 6.07) is 25.4. The van der Waals surface area contributed by atoms with Gasteiger partial charge in [0.2, 0.25) is 0 Å². The number of anilines is 2. The molecule has 0 radical (unpaired) electrons. The zero-order chi connectivity index (χ0) is 18.5. The highest BCUT2D eigenvalue weighted by Crippen LogP contribution is 2.19. The Morgan fingerprint density at radius 3 is 2.52 bits per heavy atom. The highest BCUT2D eigenvalue weighted by Gasteiger charge is 2.03. The van der Waals surface area contributed by atoms with Crippen molar-refractivity contribution in [3.05, 3.63) is 96.4 Å². The fourth-order valence-electron chi connectivity index (χ4n) is 3.10. The van der Waals surface area contributed by atoms with E-state index in [1.54, 1.807) is 6.33 Å². The van der Waals surface area contributed by atoms with Crippen molar-refractivity contribution < 1.29 is 0 Å². The summed E-state index contributed by atoms with van der Waals surface area (Å²) in [5.74, 6) is 0. The zero-order valence-corrected chi connectivity index (χ0v) is 15.3. The first-order chi connectivity index (χ1) is 13.3. The van der Waals surface area contributed by atoms with Crippen molar-refractivity contribution in [1.29, 1.82) is 0 Å². The number of fused-ring (bicyclic) bond motifs is 1. The van der Waals surface area contributed by atoms with E-state index in [0.717, 1.165) is 29.7 Å². The molecule has 0 saturated heterocycles. The molecule has 1 aromatic heterocycles. The largest absolute Gasteiger partial charge is 0.381 e. The Labute approximate surface area is 159 Å². The molecule has 1 N–H and O–H groups in total. The lowest BCUT2D eigenvalue weighted by atomic mass is 10.1. The van der Waals surface area contributed by atoms with Gasteiger partial charge in [-0.2, -0.15) is 0 Å². The van der Waals surface area contributed by atoms with E-state index in [4.69, 9.17) is 0 Å². The predicted molar refractivity (Wildman–Crippen MR) is 112 cm³/mol. The highest BCUT2D eigenvalue weighted by molar-refractivity contribution is 5.81. The molecule has 0 fully saturated rings. The minimum atomic E-state index is 0.777. The number of nitrogens with one attached hydrogen (secondary N) is 1. The van der Waals surface area contributed by atoms with Crippen LogP contribution < -0.4 is 10.2 Å². The van der Waals surface area contributed by atoms with Crippen LogP contribution in [0.15, 0.2) is 85.3 Å². The van der Waals surface area contributed by atoms with Crippen LogP contribution in [0.1, 0.15) is 11.1 Å². The normalized spacial score (nSPS) is 10.7. The third-order valence-corrected chi connectivity index (χ3v) is 4.64. The first kappa shape index (κ1) is 17.0. The highest BCUT2D eigenvalue weighted by atomic mass is 15.1. The van der Waals surface area contributed by atoms with Crippen LogP contribution in [0.25, 0.3) is 10.9 Å². The average Bonchev–Trinajstić information content (AvgIpc) is 2.73. The van der Waals surface area contributed by atoms with Gasteiger partial charge in [-0.3, -0.25) is 0 Å². The Kier molecular flexibility index (Phi) is 4.97. The Morgan fingerprint density at radius 1 is 0.889 bits per heavy atom. The van der Waals surface area contributed by atoms with Crippen molar-refractivity contribution >= 4 is 22.3 Å². The molecule has 4 heteroatoms. The van der Waals surface area contributed by atoms with Crippen molar-refractivity contribution in [1.82, 2.24) is 9.97 Å².